The second-order valence-electron chi connectivity index (χ2n) is 2.35. The summed E-state index contributed by atoms with van der Waals surface area (Å²) in [5, 5.41) is 0. The molecular formula is C4H4F6O4S. The minimum Gasteiger partial charge on any atom is -0.264 e. The molecule has 0 unspecified atom stereocenters. The lowest BCUT2D eigenvalue weighted by Crippen LogP contribution is -2.40. The molecule has 0 fully saturated rings. The topological polar surface area (TPSA) is 63.6 Å². The first-order chi connectivity index (χ1) is 6.34. The number of hydrogen-bond donors (Lipinski definition) is 1. The van der Waals surface area contributed by atoms with E-state index >= 15 is 0 Å². The van der Waals surface area contributed by atoms with Gasteiger partial charge in [-0.25, -0.2) is 4.18 Å². The van der Waals surface area contributed by atoms with Gasteiger partial charge in [-0.05, 0) is 0 Å². The van der Waals surface area contributed by atoms with Crippen LogP contribution in [0, 0.1) is 5.92 Å². The Balaban J connectivity index is 4.71. The summed E-state index contributed by atoms with van der Waals surface area (Å²) in [4.78, 5) is 0. The monoisotopic (exact) mass is 262 g/mol. The molecule has 0 heterocycles. The molecule has 11 heteroatoms. The summed E-state index contributed by atoms with van der Waals surface area (Å²) in [5.41, 5.74) is 0. The van der Waals surface area contributed by atoms with Gasteiger partial charge in [-0.2, -0.15) is 34.8 Å². The van der Waals surface area contributed by atoms with Gasteiger partial charge in [-0.1, -0.05) is 0 Å². The van der Waals surface area contributed by atoms with Crippen molar-refractivity contribution in [2.75, 3.05) is 6.61 Å². The molecule has 0 aromatic heterocycles. The van der Waals surface area contributed by atoms with Crippen molar-refractivity contribution in [2.24, 2.45) is 5.92 Å². The van der Waals surface area contributed by atoms with E-state index in [9.17, 15) is 34.8 Å². The SMILES string of the molecule is O=S(=O)(O)OCC(C(F)(F)F)C(F)(F)F. The summed E-state index contributed by atoms with van der Waals surface area (Å²) in [6, 6.07) is 0. The average Bonchev–Trinajstić information content (AvgIpc) is 1.75. The molecule has 0 aliphatic carbocycles. The predicted molar refractivity (Wildman–Crippen MR) is 33.1 cm³/mol. The van der Waals surface area contributed by atoms with Crippen LogP contribution >= 0.6 is 0 Å². The Morgan fingerprint density at radius 2 is 1.40 bits per heavy atom. The fourth-order valence-electron chi connectivity index (χ4n) is 0.529. The highest BCUT2D eigenvalue weighted by molar-refractivity contribution is 7.80. The Labute approximate surface area is 79.8 Å². The van der Waals surface area contributed by atoms with Crippen LogP contribution in [-0.4, -0.2) is 31.9 Å². The van der Waals surface area contributed by atoms with E-state index < -0.39 is 35.3 Å². The van der Waals surface area contributed by atoms with Gasteiger partial charge in [0.25, 0.3) is 0 Å². The standard InChI is InChI=1S/C4H4F6O4S/c5-3(6,7)2(4(8,9)10)1-14-15(11,12)13/h2H,1H2,(H,11,12,13). The first-order valence-corrected chi connectivity index (χ1v) is 4.46. The highest BCUT2D eigenvalue weighted by atomic mass is 32.3. The highest BCUT2D eigenvalue weighted by Crippen LogP contribution is 2.39. The molecule has 0 aliphatic heterocycles. The van der Waals surface area contributed by atoms with Gasteiger partial charge in [0, 0.05) is 0 Å². The first-order valence-electron chi connectivity index (χ1n) is 3.09. The Morgan fingerprint density at radius 3 is 1.60 bits per heavy atom. The van der Waals surface area contributed by atoms with Gasteiger partial charge in [-0.15, -0.1) is 0 Å². The van der Waals surface area contributed by atoms with Gasteiger partial charge in [0.2, 0.25) is 0 Å². The number of alkyl halides is 6. The van der Waals surface area contributed by atoms with Crippen LogP contribution in [0.2, 0.25) is 0 Å². The zero-order chi connectivity index (χ0) is 12.5. The van der Waals surface area contributed by atoms with Gasteiger partial charge < -0.3 is 0 Å². The van der Waals surface area contributed by atoms with Crippen LogP contribution in [0.15, 0.2) is 0 Å². The lowest BCUT2D eigenvalue weighted by molar-refractivity contribution is -0.289. The van der Waals surface area contributed by atoms with Gasteiger partial charge in [0.15, 0.2) is 5.92 Å². The minimum atomic E-state index is -5.71. The molecule has 0 radical (unpaired) electrons. The summed E-state index contributed by atoms with van der Waals surface area (Å²) in [6.07, 6.45) is -11.4. The summed E-state index contributed by atoms with van der Waals surface area (Å²) in [6.45, 7) is -2.24. The maximum atomic E-state index is 11.7. The fourth-order valence-corrected chi connectivity index (χ4v) is 0.837. The molecule has 1 N–H and O–H groups in total. The molecule has 92 valence electrons. The molecule has 0 amide bonds. The summed E-state index contributed by atoms with van der Waals surface area (Å²) < 4.78 is 101. The third-order valence-electron chi connectivity index (χ3n) is 1.17. The maximum absolute atomic E-state index is 11.7. The second-order valence-corrected chi connectivity index (χ2v) is 3.44. The molecule has 0 atom stereocenters. The summed E-state index contributed by atoms with van der Waals surface area (Å²) >= 11 is 0. The van der Waals surface area contributed by atoms with Crippen molar-refractivity contribution in [3.8, 4) is 0 Å². The minimum absolute atomic E-state index is 2.24. The lowest BCUT2D eigenvalue weighted by Gasteiger charge is -2.21. The van der Waals surface area contributed by atoms with E-state index in [2.05, 4.69) is 4.18 Å². The van der Waals surface area contributed by atoms with Gasteiger partial charge in [0.1, 0.15) is 0 Å². The molecule has 0 bridgehead atoms. The van der Waals surface area contributed by atoms with Gasteiger partial charge in [0.05, 0.1) is 6.61 Å². The molecule has 0 saturated heterocycles. The average molecular weight is 262 g/mol. The van der Waals surface area contributed by atoms with Crippen molar-refractivity contribution in [1.82, 2.24) is 0 Å². The van der Waals surface area contributed by atoms with E-state index in [1.165, 1.54) is 0 Å². The molecule has 0 saturated carbocycles. The highest BCUT2D eigenvalue weighted by Gasteiger charge is 2.57. The predicted octanol–water partition coefficient (Wildman–Crippen LogP) is 1.55. The maximum Gasteiger partial charge on any atom is 0.402 e. The molecule has 4 nitrogen and oxygen atoms in total. The van der Waals surface area contributed by atoms with Crippen molar-refractivity contribution in [3.05, 3.63) is 0 Å². The quantitative estimate of drug-likeness (QED) is 0.619. The van der Waals surface area contributed by atoms with E-state index in [1.54, 1.807) is 0 Å². The van der Waals surface area contributed by atoms with E-state index in [0.29, 0.717) is 0 Å². The summed E-state index contributed by atoms with van der Waals surface area (Å²) in [7, 11) is -5.34. The first kappa shape index (κ1) is 14.5. The van der Waals surface area contributed by atoms with Crippen LogP contribution in [0.4, 0.5) is 26.3 Å². The fraction of sp³-hybridized carbons (Fsp3) is 1.00. The second kappa shape index (κ2) is 4.14. The Kier molecular flexibility index (Phi) is 3.98. The van der Waals surface area contributed by atoms with Crippen molar-refractivity contribution in [1.29, 1.82) is 0 Å². The zero-order valence-electron chi connectivity index (χ0n) is 6.63. The molecule has 0 aromatic carbocycles. The van der Waals surface area contributed by atoms with E-state index in [0.717, 1.165) is 0 Å². The third kappa shape index (κ3) is 5.79. The third-order valence-corrected chi connectivity index (χ3v) is 1.61. The number of rotatable bonds is 3. The molecule has 15 heavy (non-hydrogen) atoms. The molecule has 0 rings (SSSR count). The molecule has 0 spiro atoms. The van der Waals surface area contributed by atoms with Crippen LogP contribution < -0.4 is 0 Å². The Morgan fingerprint density at radius 1 is 1.07 bits per heavy atom. The van der Waals surface area contributed by atoms with Gasteiger partial charge in [-0.3, -0.25) is 4.55 Å². The van der Waals surface area contributed by atoms with Crippen LogP contribution in [-0.2, 0) is 14.6 Å². The Bertz CT molecular complexity index is 288. The molecule has 0 aromatic rings. The van der Waals surface area contributed by atoms with Crippen LogP contribution in [0.5, 0.6) is 0 Å². The van der Waals surface area contributed by atoms with E-state index in [1.807, 2.05) is 0 Å². The molecular weight excluding hydrogens is 258 g/mol. The molecule has 0 aliphatic rings. The van der Waals surface area contributed by atoms with Crippen LogP contribution in [0.25, 0.3) is 0 Å². The normalized spacial score (nSPS) is 14.7. The number of hydrogen-bond acceptors (Lipinski definition) is 3. The summed E-state index contributed by atoms with van der Waals surface area (Å²) in [5.74, 6) is -3.97. The largest absolute Gasteiger partial charge is 0.402 e. The van der Waals surface area contributed by atoms with Crippen molar-refractivity contribution >= 4 is 10.4 Å². The smallest absolute Gasteiger partial charge is 0.264 e. The van der Waals surface area contributed by atoms with E-state index in [4.69, 9.17) is 4.55 Å². The number of halogens is 6. The zero-order valence-corrected chi connectivity index (χ0v) is 7.45. The van der Waals surface area contributed by atoms with Crippen molar-refractivity contribution in [3.63, 3.8) is 0 Å². The Hall–Kier alpha value is -0.550. The van der Waals surface area contributed by atoms with Crippen LogP contribution in [0.1, 0.15) is 0 Å². The lowest BCUT2D eigenvalue weighted by atomic mass is 10.1. The van der Waals surface area contributed by atoms with Gasteiger partial charge >= 0.3 is 22.8 Å². The van der Waals surface area contributed by atoms with E-state index in [-0.39, 0.29) is 0 Å². The van der Waals surface area contributed by atoms with Crippen molar-refractivity contribution < 1.29 is 43.5 Å². The van der Waals surface area contributed by atoms with Crippen molar-refractivity contribution in [2.45, 2.75) is 12.4 Å². The van der Waals surface area contributed by atoms with Crippen LogP contribution in [0.3, 0.4) is 0 Å².